The fourth-order valence-corrected chi connectivity index (χ4v) is 0.866. The van der Waals surface area contributed by atoms with Crippen molar-refractivity contribution < 1.29 is 19.1 Å². The van der Waals surface area contributed by atoms with Crippen molar-refractivity contribution in [3.8, 4) is 0 Å². The van der Waals surface area contributed by atoms with Gasteiger partial charge in [0.2, 0.25) is 3.79 Å². The summed E-state index contributed by atoms with van der Waals surface area (Å²) in [5.41, 5.74) is 0. The third-order valence-electron chi connectivity index (χ3n) is 1.48. The van der Waals surface area contributed by atoms with Crippen molar-refractivity contribution in [3.05, 3.63) is 12.2 Å². The number of unbranched alkanes of at least 4 members (excludes halogenated alkanes) is 1. The maximum Gasteiger partial charge on any atom is 0.331 e. The number of hydrogen-bond acceptors (Lipinski definition) is 4. The van der Waals surface area contributed by atoms with E-state index in [1.807, 2.05) is 6.92 Å². The van der Waals surface area contributed by atoms with E-state index in [2.05, 4.69) is 4.74 Å². The topological polar surface area (TPSA) is 52.6 Å². The molecule has 0 N–H and O–H groups in total. The molecule has 0 atom stereocenters. The number of carbonyl (C=O) groups excluding carboxylic acids is 2. The molecule has 0 aliphatic carbocycles. The molecule has 0 aliphatic heterocycles. The highest BCUT2D eigenvalue weighted by atomic mass is 35.6. The van der Waals surface area contributed by atoms with Gasteiger partial charge in [0, 0.05) is 12.2 Å². The molecule has 98 valence electrons. The number of ether oxygens (including phenoxy) is 2. The van der Waals surface area contributed by atoms with Crippen molar-refractivity contribution in [2.45, 2.75) is 23.6 Å². The molecule has 0 aromatic rings. The third kappa shape index (κ3) is 11.8. The highest BCUT2D eigenvalue weighted by Crippen LogP contribution is 2.25. The van der Waals surface area contributed by atoms with E-state index in [9.17, 15) is 9.59 Å². The molecule has 0 aliphatic rings. The van der Waals surface area contributed by atoms with Crippen LogP contribution in [0.25, 0.3) is 0 Å². The molecular weight excluding hydrogens is 290 g/mol. The largest absolute Gasteiger partial charge is 0.463 e. The number of halogens is 3. The quantitative estimate of drug-likeness (QED) is 0.328. The van der Waals surface area contributed by atoms with E-state index in [-0.39, 0.29) is 6.61 Å². The van der Waals surface area contributed by atoms with Crippen LogP contribution in [0.3, 0.4) is 0 Å². The maximum absolute atomic E-state index is 11.0. The van der Waals surface area contributed by atoms with E-state index in [1.54, 1.807) is 0 Å². The van der Waals surface area contributed by atoms with Gasteiger partial charge in [-0.2, -0.15) is 0 Å². The lowest BCUT2D eigenvalue weighted by molar-refractivity contribution is -0.140. The predicted molar refractivity (Wildman–Crippen MR) is 66.3 cm³/mol. The molecule has 0 aromatic heterocycles. The van der Waals surface area contributed by atoms with Gasteiger partial charge in [0.25, 0.3) is 0 Å². The highest BCUT2D eigenvalue weighted by molar-refractivity contribution is 6.67. The summed E-state index contributed by atoms with van der Waals surface area (Å²) in [6, 6.07) is 0. The van der Waals surface area contributed by atoms with Crippen molar-refractivity contribution in [3.63, 3.8) is 0 Å². The molecule has 0 bridgehead atoms. The Morgan fingerprint density at radius 2 is 1.65 bits per heavy atom. The van der Waals surface area contributed by atoms with Gasteiger partial charge >= 0.3 is 11.9 Å². The standard InChI is InChI=1S/C10H13Cl3O4/c1-2-3-6-16-8(14)4-5-9(15)17-7-10(11,12)13/h4-5H,2-3,6-7H2,1H3/b5-4+. The summed E-state index contributed by atoms with van der Waals surface area (Å²) in [5, 5.41) is 0. The highest BCUT2D eigenvalue weighted by Gasteiger charge is 2.21. The molecule has 0 aromatic carbocycles. The summed E-state index contributed by atoms with van der Waals surface area (Å²) < 4.78 is 7.66. The van der Waals surface area contributed by atoms with Gasteiger partial charge in [-0.15, -0.1) is 0 Å². The second kappa shape index (κ2) is 8.61. The van der Waals surface area contributed by atoms with Crippen molar-refractivity contribution in [1.82, 2.24) is 0 Å². The molecular formula is C10H13Cl3O4. The Labute approximate surface area is 115 Å². The first-order valence-electron chi connectivity index (χ1n) is 4.93. The Balaban J connectivity index is 3.83. The van der Waals surface area contributed by atoms with Crippen molar-refractivity contribution >= 4 is 46.7 Å². The normalized spacial score (nSPS) is 11.5. The van der Waals surface area contributed by atoms with Gasteiger partial charge in [0.1, 0.15) is 6.61 Å². The van der Waals surface area contributed by atoms with Crippen molar-refractivity contribution in [2.75, 3.05) is 13.2 Å². The minimum atomic E-state index is -1.66. The van der Waals surface area contributed by atoms with Crippen LogP contribution < -0.4 is 0 Å². The Hall–Kier alpha value is -0.450. The Morgan fingerprint density at radius 1 is 1.12 bits per heavy atom. The summed E-state index contributed by atoms with van der Waals surface area (Å²) in [5.74, 6) is -1.38. The smallest absolute Gasteiger partial charge is 0.331 e. The average Bonchev–Trinajstić information content (AvgIpc) is 2.23. The second-order valence-corrected chi connectivity index (χ2v) is 5.59. The molecule has 0 amide bonds. The molecule has 0 rings (SSSR count). The lowest BCUT2D eigenvalue weighted by Crippen LogP contribution is -2.16. The van der Waals surface area contributed by atoms with Crippen molar-refractivity contribution in [1.29, 1.82) is 0 Å². The second-order valence-electron chi connectivity index (χ2n) is 3.08. The number of carbonyl (C=O) groups is 2. The molecule has 0 saturated heterocycles. The Morgan fingerprint density at radius 3 is 2.12 bits per heavy atom. The van der Waals surface area contributed by atoms with Gasteiger partial charge in [-0.25, -0.2) is 9.59 Å². The van der Waals surface area contributed by atoms with Gasteiger partial charge in [-0.05, 0) is 6.42 Å². The average molecular weight is 304 g/mol. The van der Waals surface area contributed by atoms with Crippen LogP contribution in [0.4, 0.5) is 0 Å². The van der Waals surface area contributed by atoms with Crippen LogP contribution >= 0.6 is 34.8 Å². The van der Waals surface area contributed by atoms with Gasteiger partial charge in [0.15, 0.2) is 0 Å². The summed E-state index contributed by atoms with van der Waals surface area (Å²) in [6.45, 7) is 1.91. The summed E-state index contributed by atoms with van der Waals surface area (Å²) in [7, 11) is 0. The van der Waals surface area contributed by atoms with Crippen LogP contribution in [0.5, 0.6) is 0 Å². The lowest BCUT2D eigenvalue weighted by Gasteiger charge is -2.09. The zero-order valence-electron chi connectivity index (χ0n) is 9.25. The summed E-state index contributed by atoms with van der Waals surface area (Å²) >= 11 is 16.1. The number of rotatable bonds is 6. The van der Waals surface area contributed by atoms with Gasteiger partial charge in [-0.1, -0.05) is 48.1 Å². The first-order valence-corrected chi connectivity index (χ1v) is 6.07. The zero-order chi connectivity index (χ0) is 13.3. The SMILES string of the molecule is CCCCOC(=O)/C=C/C(=O)OCC(Cl)(Cl)Cl. The molecule has 0 radical (unpaired) electrons. The van der Waals surface area contributed by atoms with Crippen LogP contribution in [0.15, 0.2) is 12.2 Å². The number of hydrogen-bond donors (Lipinski definition) is 0. The molecule has 0 fully saturated rings. The molecule has 4 nitrogen and oxygen atoms in total. The molecule has 17 heavy (non-hydrogen) atoms. The van der Waals surface area contributed by atoms with Crippen molar-refractivity contribution in [2.24, 2.45) is 0 Å². The van der Waals surface area contributed by atoms with Crippen LogP contribution in [0.2, 0.25) is 0 Å². The lowest BCUT2D eigenvalue weighted by atomic mass is 10.4. The third-order valence-corrected chi connectivity index (χ3v) is 1.80. The minimum Gasteiger partial charge on any atom is -0.463 e. The van der Waals surface area contributed by atoms with Crippen LogP contribution in [-0.4, -0.2) is 28.9 Å². The minimum absolute atomic E-state index is 0.322. The molecule has 7 heteroatoms. The van der Waals surface area contributed by atoms with Crippen LogP contribution in [0, 0.1) is 0 Å². The van der Waals surface area contributed by atoms with E-state index in [1.165, 1.54) is 0 Å². The molecule has 0 saturated carbocycles. The molecule has 0 heterocycles. The zero-order valence-corrected chi connectivity index (χ0v) is 11.5. The molecule has 0 unspecified atom stereocenters. The summed E-state index contributed by atoms with van der Waals surface area (Å²) in [6.07, 6.45) is 3.58. The van der Waals surface area contributed by atoms with Gasteiger partial charge in [0.05, 0.1) is 6.61 Å². The van der Waals surface area contributed by atoms with Gasteiger partial charge < -0.3 is 9.47 Å². The van der Waals surface area contributed by atoms with Crippen LogP contribution in [0.1, 0.15) is 19.8 Å². The first kappa shape index (κ1) is 16.6. The maximum atomic E-state index is 11.0. The monoisotopic (exact) mass is 302 g/mol. The molecule has 0 spiro atoms. The van der Waals surface area contributed by atoms with E-state index in [4.69, 9.17) is 39.5 Å². The Kier molecular flexibility index (Phi) is 8.39. The summed E-state index contributed by atoms with van der Waals surface area (Å²) in [4.78, 5) is 22.1. The number of alkyl halides is 3. The van der Waals surface area contributed by atoms with E-state index < -0.39 is 15.7 Å². The predicted octanol–water partition coefficient (Wildman–Crippen LogP) is 2.80. The number of esters is 2. The van der Waals surface area contributed by atoms with Crippen LogP contribution in [-0.2, 0) is 19.1 Å². The fourth-order valence-electron chi connectivity index (χ4n) is 0.702. The Bertz CT molecular complexity index is 284. The fraction of sp³-hybridized carbons (Fsp3) is 0.600. The van der Waals surface area contributed by atoms with E-state index in [0.717, 1.165) is 25.0 Å². The first-order chi connectivity index (χ1) is 7.85. The van der Waals surface area contributed by atoms with E-state index in [0.29, 0.717) is 6.61 Å². The van der Waals surface area contributed by atoms with Gasteiger partial charge in [-0.3, -0.25) is 0 Å². The van der Waals surface area contributed by atoms with E-state index >= 15 is 0 Å².